The van der Waals surface area contributed by atoms with Crippen LogP contribution in [0.25, 0.3) is 0 Å². The SMILES string of the molecule is CC(C)N(CC(=O)Nc1ccc(F)cc1)C(=O)CCN. The van der Waals surface area contributed by atoms with Crippen molar-refractivity contribution in [3.05, 3.63) is 30.1 Å². The molecule has 20 heavy (non-hydrogen) atoms. The van der Waals surface area contributed by atoms with Crippen molar-refractivity contribution in [2.75, 3.05) is 18.4 Å². The maximum Gasteiger partial charge on any atom is 0.244 e. The van der Waals surface area contributed by atoms with Crippen molar-refractivity contribution in [3.63, 3.8) is 0 Å². The van der Waals surface area contributed by atoms with Crippen LogP contribution in [0.15, 0.2) is 24.3 Å². The van der Waals surface area contributed by atoms with Crippen LogP contribution in [0.1, 0.15) is 20.3 Å². The van der Waals surface area contributed by atoms with Gasteiger partial charge < -0.3 is 16.0 Å². The molecule has 1 aromatic carbocycles. The van der Waals surface area contributed by atoms with Gasteiger partial charge in [0.05, 0.1) is 0 Å². The lowest BCUT2D eigenvalue weighted by Gasteiger charge is -2.26. The van der Waals surface area contributed by atoms with Gasteiger partial charge in [-0.05, 0) is 38.1 Å². The average molecular weight is 281 g/mol. The van der Waals surface area contributed by atoms with Gasteiger partial charge in [0.2, 0.25) is 11.8 Å². The second-order valence-corrected chi connectivity index (χ2v) is 4.71. The standard InChI is InChI=1S/C14H20FN3O2/c1-10(2)18(14(20)7-8-16)9-13(19)17-12-5-3-11(15)4-6-12/h3-6,10H,7-9,16H2,1-2H3,(H,17,19). The van der Waals surface area contributed by atoms with Crippen LogP contribution < -0.4 is 11.1 Å². The molecule has 0 saturated heterocycles. The van der Waals surface area contributed by atoms with E-state index in [9.17, 15) is 14.0 Å². The molecule has 1 aromatic rings. The van der Waals surface area contributed by atoms with Crippen LogP contribution in [-0.2, 0) is 9.59 Å². The third kappa shape index (κ3) is 4.97. The van der Waals surface area contributed by atoms with Crippen LogP contribution in [0.2, 0.25) is 0 Å². The van der Waals surface area contributed by atoms with Crippen molar-refractivity contribution < 1.29 is 14.0 Å². The highest BCUT2D eigenvalue weighted by Gasteiger charge is 2.19. The minimum Gasteiger partial charge on any atom is -0.331 e. The fourth-order valence-corrected chi connectivity index (χ4v) is 1.71. The highest BCUT2D eigenvalue weighted by molar-refractivity contribution is 5.94. The molecular formula is C14H20FN3O2. The topological polar surface area (TPSA) is 75.4 Å². The summed E-state index contributed by atoms with van der Waals surface area (Å²) in [6.45, 7) is 3.87. The number of benzene rings is 1. The molecule has 0 heterocycles. The van der Waals surface area contributed by atoms with Gasteiger partial charge in [0.15, 0.2) is 0 Å². The largest absolute Gasteiger partial charge is 0.331 e. The maximum absolute atomic E-state index is 12.8. The van der Waals surface area contributed by atoms with Crippen molar-refractivity contribution >= 4 is 17.5 Å². The van der Waals surface area contributed by atoms with E-state index in [1.54, 1.807) is 0 Å². The van der Waals surface area contributed by atoms with E-state index in [1.807, 2.05) is 13.8 Å². The van der Waals surface area contributed by atoms with Gasteiger partial charge in [-0.15, -0.1) is 0 Å². The summed E-state index contributed by atoms with van der Waals surface area (Å²) in [5.74, 6) is -0.850. The molecule has 6 heteroatoms. The number of amides is 2. The summed E-state index contributed by atoms with van der Waals surface area (Å²) in [5.41, 5.74) is 5.84. The Labute approximate surface area is 117 Å². The number of nitrogens with one attached hydrogen (secondary N) is 1. The molecule has 0 saturated carbocycles. The van der Waals surface area contributed by atoms with Crippen molar-refractivity contribution in [1.82, 2.24) is 4.90 Å². The monoisotopic (exact) mass is 281 g/mol. The lowest BCUT2D eigenvalue weighted by Crippen LogP contribution is -2.43. The van der Waals surface area contributed by atoms with E-state index < -0.39 is 0 Å². The van der Waals surface area contributed by atoms with Gasteiger partial charge in [-0.3, -0.25) is 9.59 Å². The minimum absolute atomic E-state index is 0.0477. The lowest BCUT2D eigenvalue weighted by molar-refractivity contribution is -0.136. The predicted octanol–water partition coefficient (Wildman–Crippen LogP) is 1.35. The highest BCUT2D eigenvalue weighted by atomic mass is 19.1. The first-order valence-electron chi connectivity index (χ1n) is 6.49. The van der Waals surface area contributed by atoms with E-state index >= 15 is 0 Å². The number of anilines is 1. The Balaban J connectivity index is 2.62. The molecule has 0 aromatic heterocycles. The van der Waals surface area contributed by atoms with Crippen LogP contribution >= 0.6 is 0 Å². The van der Waals surface area contributed by atoms with Crippen molar-refractivity contribution in [1.29, 1.82) is 0 Å². The van der Waals surface area contributed by atoms with Crippen LogP contribution in [0.3, 0.4) is 0 Å². The van der Waals surface area contributed by atoms with Crippen molar-refractivity contribution in [3.8, 4) is 0 Å². The molecular weight excluding hydrogens is 261 g/mol. The third-order valence-corrected chi connectivity index (χ3v) is 2.74. The normalized spacial score (nSPS) is 10.4. The Bertz CT molecular complexity index is 460. The number of nitrogens with two attached hydrogens (primary N) is 1. The summed E-state index contributed by atoms with van der Waals surface area (Å²) >= 11 is 0. The van der Waals surface area contributed by atoms with Gasteiger partial charge in [0.1, 0.15) is 12.4 Å². The Morgan fingerprint density at radius 2 is 1.90 bits per heavy atom. The second kappa shape index (κ2) is 7.59. The number of rotatable bonds is 6. The summed E-state index contributed by atoms with van der Waals surface area (Å²) in [5, 5.41) is 2.62. The van der Waals surface area contributed by atoms with Gasteiger partial charge in [-0.1, -0.05) is 0 Å². The molecule has 1 rings (SSSR count). The number of hydrogen-bond donors (Lipinski definition) is 2. The molecule has 0 unspecified atom stereocenters. The smallest absolute Gasteiger partial charge is 0.244 e. The molecule has 0 atom stereocenters. The number of hydrogen-bond acceptors (Lipinski definition) is 3. The first-order valence-corrected chi connectivity index (χ1v) is 6.49. The Morgan fingerprint density at radius 1 is 1.30 bits per heavy atom. The van der Waals surface area contributed by atoms with Crippen molar-refractivity contribution in [2.24, 2.45) is 5.73 Å². The molecule has 5 nitrogen and oxygen atoms in total. The Hall–Kier alpha value is -1.95. The number of carbonyl (C=O) groups is 2. The molecule has 0 spiro atoms. The van der Waals surface area contributed by atoms with E-state index in [4.69, 9.17) is 5.73 Å². The number of nitrogens with zero attached hydrogens (tertiary/aromatic N) is 1. The first kappa shape index (κ1) is 16.1. The minimum atomic E-state index is -0.370. The van der Waals surface area contributed by atoms with E-state index in [0.717, 1.165) is 0 Å². The number of halogens is 1. The molecule has 0 bridgehead atoms. The molecule has 0 aliphatic rings. The fourth-order valence-electron chi connectivity index (χ4n) is 1.71. The summed E-state index contributed by atoms with van der Waals surface area (Å²) in [7, 11) is 0. The molecule has 0 aliphatic heterocycles. The van der Waals surface area contributed by atoms with Crippen LogP contribution in [0.5, 0.6) is 0 Å². The summed E-state index contributed by atoms with van der Waals surface area (Å²) in [6.07, 6.45) is 0.210. The molecule has 3 N–H and O–H groups in total. The average Bonchev–Trinajstić information content (AvgIpc) is 2.38. The van der Waals surface area contributed by atoms with Gasteiger partial charge in [0.25, 0.3) is 0 Å². The van der Waals surface area contributed by atoms with Crippen molar-refractivity contribution in [2.45, 2.75) is 26.3 Å². The first-order chi connectivity index (χ1) is 9.43. The quantitative estimate of drug-likeness (QED) is 0.826. The summed E-state index contributed by atoms with van der Waals surface area (Å²) in [4.78, 5) is 25.2. The zero-order valence-electron chi connectivity index (χ0n) is 11.7. The second-order valence-electron chi connectivity index (χ2n) is 4.71. The summed E-state index contributed by atoms with van der Waals surface area (Å²) < 4.78 is 12.8. The van der Waals surface area contributed by atoms with Gasteiger partial charge in [-0.2, -0.15) is 0 Å². The maximum atomic E-state index is 12.8. The van der Waals surface area contributed by atoms with Gasteiger partial charge in [0, 0.05) is 24.7 Å². The van der Waals surface area contributed by atoms with Gasteiger partial charge >= 0.3 is 0 Å². The lowest BCUT2D eigenvalue weighted by atomic mass is 10.2. The highest BCUT2D eigenvalue weighted by Crippen LogP contribution is 2.09. The van der Waals surface area contributed by atoms with Crippen LogP contribution in [0.4, 0.5) is 10.1 Å². The molecule has 110 valence electrons. The zero-order chi connectivity index (χ0) is 15.1. The molecule has 2 amide bonds. The van der Waals surface area contributed by atoms with E-state index in [0.29, 0.717) is 5.69 Å². The fraction of sp³-hybridized carbons (Fsp3) is 0.429. The van der Waals surface area contributed by atoms with Gasteiger partial charge in [-0.25, -0.2) is 4.39 Å². The number of carbonyl (C=O) groups excluding carboxylic acids is 2. The van der Waals surface area contributed by atoms with E-state index in [1.165, 1.54) is 29.2 Å². The third-order valence-electron chi connectivity index (χ3n) is 2.74. The van der Waals surface area contributed by atoms with E-state index in [-0.39, 0.29) is 43.2 Å². The predicted molar refractivity (Wildman–Crippen MR) is 75.6 cm³/mol. The zero-order valence-corrected chi connectivity index (χ0v) is 11.7. The summed E-state index contributed by atoms with van der Waals surface area (Å²) in [6, 6.07) is 5.36. The Kier molecular flexibility index (Phi) is 6.11. The molecule has 0 fully saturated rings. The van der Waals surface area contributed by atoms with Crippen LogP contribution in [0, 0.1) is 5.82 Å². The molecule has 0 radical (unpaired) electrons. The Morgan fingerprint density at radius 3 is 2.40 bits per heavy atom. The molecule has 0 aliphatic carbocycles. The van der Waals surface area contributed by atoms with Crippen LogP contribution in [-0.4, -0.2) is 35.8 Å². The van der Waals surface area contributed by atoms with E-state index in [2.05, 4.69) is 5.32 Å².